The van der Waals surface area contributed by atoms with Gasteiger partial charge in [0.2, 0.25) is 0 Å². The second-order valence-corrected chi connectivity index (χ2v) is 5.02. The molecule has 1 aliphatic heterocycles. The van der Waals surface area contributed by atoms with Crippen LogP contribution in [-0.2, 0) is 0 Å². The smallest absolute Gasteiger partial charge is 0.126 e. The van der Waals surface area contributed by atoms with Crippen LogP contribution in [0.25, 0.3) is 0 Å². The average Bonchev–Trinajstić information content (AvgIpc) is 2.62. The molecule has 3 rings (SSSR count). The Morgan fingerprint density at radius 3 is 3.05 bits per heavy atom. The number of nitrogens with one attached hydrogen (secondary N) is 1. The molecule has 3 nitrogen and oxygen atoms in total. The van der Waals surface area contributed by atoms with Crippen molar-refractivity contribution < 1.29 is 4.74 Å². The Kier molecular flexibility index (Phi) is 3.56. The zero-order chi connectivity index (χ0) is 13.1. The van der Waals surface area contributed by atoms with Crippen LogP contribution in [0.1, 0.15) is 24.4 Å². The molecule has 0 saturated heterocycles. The second-order valence-electron chi connectivity index (χ2n) is 4.58. The van der Waals surface area contributed by atoms with Gasteiger partial charge >= 0.3 is 0 Å². The number of aromatic nitrogens is 1. The maximum atomic E-state index is 6.03. The van der Waals surface area contributed by atoms with Crippen molar-refractivity contribution in [3.63, 3.8) is 0 Å². The molecular weight excluding hydrogens is 260 g/mol. The molecule has 1 aromatic heterocycles. The van der Waals surface area contributed by atoms with Gasteiger partial charge in [-0.05, 0) is 37.1 Å². The van der Waals surface area contributed by atoms with Crippen molar-refractivity contribution in [1.29, 1.82) is 0 Å². The fourth-order valence-corrected chi connectivity index (χ4v) is 2.48. The summed E-state index contributed by atoms with van der Waals surface area (Å²) in [5, 5.41) is 4.17. The molecule has 0 amide bonds. The van der Waals surface area contributed by atoms with Gasteiger partial charge in [-0.25, -0.2) is 4.98 Å². The molecule has 1 aromatic carbocycles. The zero-order valence-electron chi connectivity index (χ0n) is 10.5. The van der Waals surface area contributed by atoms with Crippen molar-refractivity contribution in [1.82, 2.24) is 4.98 Å². The lowest BCUT2D eigenvalue weighted by molar-refractivity contribution is 0.316. The van der Waals surface area contributed by atoms with Crippen LogP contribution in [0.2, 0.25) is 5.02 Å². The highest BCUT2D eigenvalue weighted by atomic mass is 35.5. The summed E-state index contributed by atoms with van der Waals surface area (Å²) in [6.45, 7) is 0.730. The number of halogens is 1. The quantitative estimate of drug-likeness (QED) is 0.897. The van der Waals surface area contributed by atoms with Gasteiger partial charge in [0, 0.05) is 16.8 Å². The first kappa shape index (κ1) is 12.3. The van der Waals surface area contributed by atoms with E-state index in [1.165, 1.54) is 0 Å². The topological polar surface area (TPSA) is 34.1 Å². The van der Waals surface area contributed by atoms with Gasteiger partial charge in [0.25, 0.3) is 0 Å². The van der Waals surface area contributed by atoms with Gasteiger partial charge in [0.05, 0.1) is 12.6 Å². The molecule has 1 unspecified atom stereocenters. The van der Waals surface area contributed by atoms with Crippen LogP contribution in [-0.4, -0.2) is 11.6 Å². The number of nitrogens with zero attached hydrogens (tertiary/aromatic N) is 1. The SMILES string of the molecule is Clc1ccc2c(c1)OCCCC2Nc1ccccn1. The highest BCUT2D eigenvalue weighted by Gasteiger charge is 2.20. The van der Waals surface area contributed by atoms with E-state index in [9.17, 15) is 0 Å². The number of benzene rings is 1. The summed E-state index contributed by atoms with van der Waals surface area (Å²) in [5.41, 5.74) is 1.15. The summed E-state index contributed by atoms with van der Waals surface area (Å²) in [6.07, 6.45) is 3.82. The minimum Gasteiger partial charge on any atom is -0.493 e. The van der Waals surface area contributed by atoms with Crippen molar-refractivity contribution in [2.75, 3.05) is 11.9 Å². The van der Waals surface area contributed by atoms with Crippen LogP contribution in [0.5, 0.6) is 5.75 Å². The van der Waals surface area contributed by atoms with E-state index in [4.69, 9.17) is 16.3 Å². The predicted octanol–water partition coefficient (Wildman–Crippen LogP) is 4.06. The Labute approximate surface area is 117 Å². The summed E-state index contributed by atoms with van der Waals surface area (Å²) < 4.78 is 5.75. The van der Waals surface area contributed by atoms with Crippen LogP contribution >= 0.6 is 11.6 Å². The molecule has 0 bridgehead atoms. The van der Waals surface area contributed by atoms with Crippen LogP contribution in [0.4, 0.5) is 5.82 Å². The first-order chi connectivity index (χ1) is 9.33. The second kappa shape index (κ2) is 5.49. The fraction of sp³-hybridized carbons (Fsp3) is 0.267. The highest BCUT2D eigenvalue weighted by molar-refractivity contribution is 6.30. The first-order valence-corrected chi connectivity index (χ1v) is 6.80. The van der Waals surface area contributed by atoms with Gasteiger partial charge in [0.15, 0.2) is 0 Å². The minimum absolute atomic E-state index is 0.213. The maximum Gasteiger partial charge on any atom is 0.126 e. The Hall–Kier alpha value is -1.74. The molecule has 98 valence electrons. The average molecular weight is 275 g/mol. The third-order valence-electron chi connectivity index (χ3n) is 3.23. The molecule has 0 spiro atoms. The first-order valence-electron chi connectivity index (χ1n) is 6.43. The molecule has 0 saturated carbocycles. The van der Waals surface area contributed by atoms with Crippen molar-refractivity contribution >= 4 is 17.4 Å². The van der Waals surface area contributed by atoms with Crippen LogP contribution < -0.4 is 10.1 Å². The number of fused-ring (bicyclic) bond motifs is 1. The van der Waals surface area contributed by atoms with Gasteiger partial charge in [-0.3, -0.25) is 0 Å². The van der Waals surface area contributed by atoms with E-state index in [0.717, 1.165) is 36.6 Å². The van der Waals surface area contributed by atoms with Gasteiger partial charge in [-0.15, -0.1) is 0 Å². The summed E-state index contributed by atoms with van der Waals surface area (Å²) in [7, 11) is 0. The third-order valence-corrected chi connectivity index (χ3v) is 3.47. The van der Waals surface area contributed by atoms with E-state index in [1.807, 2.05) is 36.4 Å². The number of ether oxygens (including phenoxy) is 1. The molecule has 19 heavy (non-hydrogen) atoms. The normalized spacial score (nSPS) is 18.1. The zero-order valence-corrected chi connectivity index (χ0v) is 11.2. The Morgan fingerprint density at radius 1 is 1.26 bits per heavy atom. The van der Waals surface area contributed by atoms with Crippen LogP contribution in [0.3, 0.4) is 0 Å². The number of anilines is 1. The molecule has 1 aliphatic rings. The Balaban J connectivity index is 1.90. The van der Waals surface area contributed by atoms with Gasteiger partial charge < -0.3 is 10.1 Å². The van der Waals surface area contributed by atoms with E-state index < -0.39 is 0 Å². The number of pyridine rings is 1. The summed E-state index contributed by atoms with van der Waals surface area (Å²) in [4.78, 5) is 4.32. The summed E-state index contributed by atoms with van der Waals surface area (Å²) in [6, 6.07) is 11.9. The molecule has 4 heteroatoms. The molecule has 0 fully saturated rings. The van der Waals surface area contributed by atoms with E-state index in [-0.39, 0.29) is 6.04 Å². The number of hydrogen-bond acceptors (Lipinski definition) is 3. The lowest BCUT2D eigenvalue weighted by atomic mass is 10.0. The van der Waals surface area contributed by atoms with E-state index in [0.29, 0.717) is 5.02 Å². The van der Waals surface area contributed by atoms with Gasteiger partial charge in [-0.1, -0.05) is 23.7 Å². The third kappa shape index (κ3) is 2.82. The maximum absolute atomic E-state index is 6.03. The molecule has 0 radical (unpaired) electrons. The molecule has 0 aliphatic carbocycles. The molecule has 2 heterocycles. The summed E-state index contributed by atoms with van der Waals surface area (Å²) in [5.74, 6) is 1.76. The van der Waals surface area contributed by atoms with E-state index in [2.05, 4.69) is 10.3 Å². The van der Waals surface area contributed by atoms with Crippen molar-refractivity contribution in [3.8, 4) is 5.75 Å². The Morgan fingerprint density at radius 2 is 2.21 bits per heavy atom. The molecule has 1 N–H and O–H groups in total. The minimum atomic E-state index is 0.213. The van der Waals surface area contributed by atoms with E-state index >= 15 is 0 Å². The number of rotatable bonds is 2. The van der Waals surface area contributed by atoms with Crippen molar-refractivity contribution in [3.05, 3.63) is 53.2 Å². The predicted molar refractivity (Wildman–Crippen MR) is 76.8 cm³/mol. The van der Waals surface area contributed by atoms with E-state index in [1.54, 1.807) is 6.20 Å². The monoisotopic (exact) mass is 274 g/mol. The summed E-state index contributed by atoms with van der Waals surface area (Å²) >= 11 is 6.03. The molecular formula is C15H15ClN2O. The van der Waals surface area contributed by atoms with Crippen molar-refractivity contribution in [2.45, 2.75) is 18.9 Å². The molecule has 1 atom stereocenters. The highest BCUT2D eigenvalue weighted by Crippen LogP contribution is 2.35. The molecule has 2 aromatic rings. The lowest BCUT2D eigenvalue weighted by Crippen LogP contribution is -2.11. The van der Waals surface area contributed by atoms with Gasteiger partial charge in [0.1, 0.15) is 11.6 Å². The lowest BCUT2D eigenvalue weighted by Gasteiger charge is -2.19. The van der Waals surface area contributed by atoms with Gasteiger partial charge in [-0.2, -0.15) is 0 Å². The Bertz CT molecular complexity index is 559. The largest absolute Gasteiger partial charge is 0.493 e. The standard InChI is InChI=1S/C15H15ClN2O/c16-11-6-7-12-13(4-3-9-19-14(12)10-11)18-15-5-1-2-8-17-15/h1-2,5-8,10,13H,3-4,9H2,(H,17,18). The fourth-order valence-electron chi connectivity index (χ4n) is 2.32. The number of hydrogen-bond donors (Lipinski definition) is 1. The van der Waals surface area contributed by atoms with Crippen LogP contribution in [0, 0.1) is 0 Å². The van der Waals surface area contributed by atoms with Crippen LogP contribution in [0.15, 0.2) is 42.6 Å². The van der Waals surface area contributed by atoms with Crippen molar-refractivity contribution in [2.24, 2.45) is 0 Å².